The zero-order valence-electron chi connectivity index (χ0n) is 12.1. The number of hydrogen-bond donors (Lipinski definition) is 2. The van der Waals surface area contributed by atoms with Crippen LogP contribution >= 0.6 is 0 Å². The molecule has 0 amide bonds. The number of ether oxygens (including phenoxy) is 1. The molecule has 1 aromatic carbocycles. The molecule has 0 spiro atoms. The molecule has 0 heterocycles. The maximum Gasteiger partial charge on any atom is 0.296 e. The summed E-state index contributed by atoms with van der Waals surface area (Å²) >= 11 is 0. The van der Waals surface area contributed by atoms with Gasteiger partial charge in [0.25, 0.3) is 10.2 Å². The second-order valence-electron chi connectivity index (χ2n) is 5.73. The van der Waals surface area contributed by atoms with Crippen molar-refractivity contribution in [2.45, 2.75) is 27.7 Å². The van der Waals surface area contributed by atoms with E-state index in [0.717, 1.165) is 0 Å². The van der Waals surface area contributed by atoms with E-state index < -0.39 is 10.2 Å². The number of nitrogens with two attached hydrogens (primary N) is 1. The Bertz CT molecular complexity index is 603. The molecule has 20 heavy (non-hydrogen) atoms. The van der Waals surface area contributed by atoms with Crippen LogP contribution in [0, 0.1) is 5.41 Å². The Hall–Kier alpha value is -1.60. The van der Waals surface area contributed by atoms with E-state index in [4.69, 9.17) is 9.88 Å². The van der Waals surface area contributed by atoms with E-state index in [1.807, 2.05) is 20.8 Å². The van der Waals surface area contributed by atoms with Gasteiger partial charge in [-0.25, -0.2) is 5.14 Å². The first-order valence-electron chi connectivity index (χ1n) is 6.07. The van der Waals surface area contributed by atoms with Gasteiger partial charge in [-0.05, 0) is 24.5 Å². The lowest BCUT2D eigenvalue weighted by Crippen LogP contribution is -2.23. The van der Waals surface area contributed by atoms with E-state index in [-0.39, 0.29) is 22.4 Å². The molecule has 0 saturated heterocycles. The van der Waals surface area contributed by atoms with Crippen molar-refractivity contribution in [3.8, 4) is 5.75 Å². The predicted octanol–water partition coefficient (Wildman–Crippen LogP) is 1.93. The van der Waals surface area contributed by atoms with E-state index in [1.54, 1.807) is 12.1 Å². The van der Waals surface area contributed by atoms with Crippen molar-refractivity contribution in [2.75, 3.05) is 11.3 Å². The summed E-state index contributed by atoms with van der Waals surface area (Å²) in [7, 11) is -3.95. The first-order valence-corrected chi connectivity index (χ1v) is 7.61. The second-order valence-corrected chi connectivity index (χ2v) is 7.03. The monoisotopic (exact) mass is 300 g/mol. The smallest absolute Gasteiger partial charge is 0.296 e. The van der Waals surface area contributed by atoms with Crippen molar-refractivity contribution in [3.05, 3.63) is 23.8 Å². The summed E-state index contributed by atoms with van der Waals surface area (Å²) in [6.07, 6.45) is 0. The number of hydrogen-bond acceptors (Lipinski definition) is 4. The Morgan fingerprint density at radius 2 is 1.95 bits per heavy atom. The van der Waals surface area contributed by atoms with Crippen molar-refractivity contribution < 1.29 is 17.9 Å². The third-order valence-electron chi connectivity index (χ3n) is 2.29. The van der Waals surface area contributed by atoms with E-state index in [1.165, 1.54) is 13.0 Å². The summed E-state index contributed by atoms with van der Waals surface area (Å²) < 4.78 is 30.0. The molecule has 112 valence electrons. The number of rotatable bonds is 5. The summed E-state index contributed by atoms with van der Waals surface area (Å²) in [5.74, 6) is 0.0294. The highest BCUT2D eigenvalue weighted by molar-refractivity contribution is 7.90. The molecular formula is C13H20N2O4S. The summed E-state index contributed by atoms with van der Waals surface area (Å²) in [6, 6.07) is 4.68. The van der Waals surface area contributed by atoms with Crippen LogP contribution in [0.2, 0.25) is 0 Å². The van der Waals surface area contributed by atoms with Gasteiger partial charge >= 0.3 is 0 Å². The first kappa shape index (κ1) is 16.5. The van der Waals surface area contributed by atoms with Crippen LogP contribution in [0.1, 0.15) is 38.1 Å². The van der Waals surface area contributed by atoms with Gasteiger partial charge in [0, 0.05) is 0 Å². The minimum Gasteiger partial charge on any atom is -0.492 e. The number of benzene rings is 1. The molecule has 0 aliphatic heterocycles. The number of Topliss-reactive ketones (excluding diaryl/α,β-unsaturated/α-hetero) is 1. The van der Waals surface area contributed by atoms with Gasteiger partial charge in [-0.15, -0.1) is 0 Å². The number of ketones is 1. The Balaban J connectivity index is 3.18. The lowest BCUT2D eigenvalue weighted by atomic mass is 9.98. The van der Waals surface area contributed by atoms with Crippen LogP contribution in [0.25, 0.3) is 0 Å². The first-order chi connectivity index (χ1) is 8.99. The molecule has 0 saturated carbocycles. The third-order valence-corrected chi connectivity index (χ3v) is 2.80. The van der Waals surface area contributed by atoms with Crippen LogP contribution in [0.15, 0.2) is 18.2 Å². The van der Waals surface area contributed by atoms with Crippen LogP contribution in [-0.2, 0) is 10.2 Å². The number of carbonyl (C=O) groups excluding carboxylic acids is 1. The van der Waals surface area contributed by atoms with Crippen molar-refractivity contribution >= 4 is 21.7 Å². The highest BCUT2D eigenvalue weighted by atomic mass is 32.2. The van der Waals surface area contributed by atoms with Gasteiger partial charge < -0.3 is 4.74 Å². The van der Waals surface area contributed by atoms with E-state index in [0.29, 0.717) is 12.4 Å². The highest BCUT2D eigenvalue weighted by Crippen LogP contribution is 2.29. The molecule has 0 bridgehead atoms. The zero-order valence-corrected chi connectivity index (χ0v) is 12.9. The van der Waals surface area contributed by atoms with Crippen molar-refractivity contribution in [1.29, 1.82) is 0 Å². The summed E-state index contributed by atoms with van der Waals surface area (Å²) in [5.41, 5.74) is 0.203. The van der Waals surface area contributed by atoms with E-state index >= 15 is 0 Å². The SMILES string of the molecule is CC(=O)c1c(NS(N)(=O)=O)cccc1OCC(C)(C)C. The molecule has 1 rings (SSSR count). The fourth-order valence-corrected chi connectivity index (χ4v) is 2.02. The van der Waals surface area contributed by atoms with Gasteiger partial charge in [-0.2, -0.15) is 8.42 Å². The van der Waals surface area contributed by atoms with Crippen LogP contribution in [-0.4, -0.2) is 20.8 Å². The maximum absolute atomic E-state index is 11.7. The fourth-order valence-electron chi connectivity index (χ4n) is 1.55. The molecule has 0 atom stereocenters. The standard InChI is InChI=1S/C13H20N2O4S/c1-9(16)12-10(15-20(14,17)18)6-5-7-11(12)19-8-13(2,3)4/h5-7,15H,8H2,1-4H3,(H2,14,17,18). The Morgan fingerprint density at radius 3 is 2.40 bits per heavy atom. The molecule has 0 aromatic heterocycles. The van der Waals surface area contributed by atoms with Gasteiger partial charge in [0.05, 0.1) is 17.9 Å². The Morgan fingerprint density at radius 1 is 1.35 bits per heavy atom. The van der Waals surface area contributed by atoms with Crippen LogP contribution in [0.5, 0.6) is 5.75 Å². The summed E-state index contributed by atoms with van der Waals surface area (Å²) in [5, 5.41) is 4.94. The molecule has 6 nitrogen and oxygen atoms in total. The molecule has 0 aliphatic carbocycles. The molecule has 0 fully saturated rings. The minimum absolute atomic E-state index is 0.0859. The number of anilines is 1. The number of carbonyl (C=O) groups is 1. The van der Waals surface area contributed by atoms with E-state index in [9.17, 15) is 13.2 Å². The highest BCUT2D eigenvalue weighted by Gasteiger charge is 2.19. The normalized spacial score (nSPS) is 12.1. The van der Waals surface area contributed by atoms with E-state index in [2.05, 4.69) is 4.72 Å². The molecular weight excluding hydrogens is 280 g/mol. The lowest BCUT2D eigenvalue weighted by Gasteiger charge is -2.21. The lowest BCUT2D eigenvalue weighted by molar-refractivity contribution is 0.101. The largest absolute Gasteiger partial charge is 0.492 e. The quantitative estimate of drug-likeness (QED) is 0.812. The van der Waals surface area contributed by atoms with Crippen molar-refractivity contribution in [1.82, 2.24) is 0 Å². The molecule has 0 unspecified atom stereocenters. The molecule has 7 heteroatoms. The average molecular weight is 300 g/mol. The van der Waals surface area contributed by atoms with Crippen LogP contribution < -0.4 is 14.6 Å². The molecule has 3 N–H and O–H groups in total. The maximum atomic E-state index is 11.7. The van der Waals surface area contributed by atoms with Crippen molar-refractivity contribution in [2.24, 2.45) is 10.6 Å². The van der Waals surface area contributed by atoms with Gasteiger partial charge in [0.1, 0.15) is 5.75 Å². The second kappa shape index (κ2) is 5.80. The van der Waals surface area contributed by atoms with Gasteiger partial charge in [-0.3, -0.25) is 9.52 Å². The predicted molar refractivity (Wildman–Crippen MR) is 78.1 cm³/mol. The average Bonchev–Trinajstić information content (AvgIpc) is 2.22. The third kappa shape index (κ3) is 5.18. The number of nitrogens with one attached hydrogen (secondary N) is 1. The van der Waals surface area contributed by atoms with Gasteiger partial charge in [0.2, 0.25) is 0 Å². The van der Waals surface area contributed by atoms with Crippen LogP contribution in [0.3, 0.4) is 0 Å². The Kier molecular flexibility index (Phi) is 4.77. The molecule has 0 aliphatic rings. The van der Waals surface area contributed by atoms with Crippen molar-refractivity contribution in [3.63, 3.8) is 0 Å². The van der Waals surface area contributed by atoms with Gasteiger partial charge in [-0.1, -0.05) is 26.8 Å². The Labute approximate surface area is 119 Å². The van der Waals surface area contributed by atoms with Gasteiger partial charge in [0.15, 0.2) is 5.78 Å². The molecule has 1 aromatic rings. The minimum atomic E-state index is -3.95. The zero-order chi connectivity index (χ0) is 15.6. The van der Waals surface area contributed by atoms with Crippen LogP contribution in [0.4, 0.5) is 5.69 Å². The summed E-state index contributed by atoms with van der Waals surface area (Å²) in [4.78, 5) is 11.7. The topological polar surface area (TPSA) is 98.5 Å². The fraction of sp³-hybridized carbons (Fsp3) is 0.462. The summed E-state index contributed by atoms with van der Waals surface area (Å²) in [6.45, 7) is 7.71. The molecule has 0 radical (unpaired) electrons.